The lowest BCUT2D eigenvalue weighted by Crippen LogP contribution is -2.19. The second-order valence-corrected chi connectivity index (χ2v) is 5.16. The van der Waals surface area contributed by atoms with Gasteiger partial charge in [-0.2, -0.15) is 0 Å². The van der Waals surface area contributed by atoms with E-state index < -0.39 is 5.82 Å². The number of hydrogen-bond donors (Lipinski definition) is 1. The van der Waals surface area contributed by atoms with Gasteiger partial charge in [-0.3, -0.25) is 9.36 Å². The Morgan fingerprint density at radius 2 is 2.28 bits per heavy atom. The molecule has 0 saturated heterocycles. The van der Waals surface area contributed by atoms with Gasteiger partial charge in [0.25, 0.3) is 0 Å². The summed E-state index contributed by atoms with van der Waals surface area (Å²) in [4.78, 5) is 11.7. The molecule has 0 spiro atoms. The molecule has 0 radical (unpaired) electrons. The molecule has 0 aliphatic carbocycles. The zero-order chi connectivity index (χ0) is 13.3. The molecule has 6 heteroatoms. The first-order valence-corrected chi connectivity index (χ1v) is 6.51. The van der Waals surface area contributed by atoms with Crippen LogP contribution in [0, 0.1) is 12.7 Å². The van der Waals surface area contributed by atoms with Crippen LogP contribution in [0.3, 0.4) is 0 Å². The summed E-state index contributed by atoms with van der Waals surface area (Å²) in [5, 5.41) is 1.78. The minimum absolute atomic E-state index is 0.0503. The number of halogens is 1. The third-order valence-corrected chi connectivity index (χ3v) is 3.74. The van der Waals surface area contributed by atoms with Gasteiger partial charge in [0.15, 0.2) is 0 Å². The quantitative estimate of drug-likeness (QED) is 0.876. The van der Waals surface area contributed by atoms with Gasteiger partial charge in [-0.1, -0.05) is 29.6 Å². The van der Waals surface area contributed by atoms with Crippen molar-refractivity contribution in [3.05, 3.63) is 55.9 Å². The van der Waals surface area contributed by atoms with Gasteiger partial charge in [-0.05, 0) is 24.6 Å². The molecule has 1 aromatic heterocycles. The van der Waals surface area contributed by atoms with Crippen LogP contribution in [0.1, 0.15) is 16.8 Å². The average molecular weight is 282 g/mol. The SMILES string of the molecule is Cc1csc(=O)n1Cc1ccc(F)cc1C(N)=S. The molecule has 2 N–H and O–H groups in total. The summed E-state index contributed by atoms with van der Waals surface area (Å²) in [5.41, 5.74) is 7.65. The van der Waals surface area contributed by atoms with Gasteiger partial charge in [0.1, 0.15) is 10.8 Å². The Kier molecular flexibility index (Phi) is 3.58. The molecule has 3 nitrogen and oxygen atoms in total. The Labute approximate surface area is 113 Å². The minimum Gasteiger partial charge on any atom is -0.389 e. The lowest BCUT2D eigenvalue weighted by molar-refractivity contribution is 0.625. The van der Waals surface area contributed by atoms with E-state index in [2.05, 4.69) is 0 Å². The molecule has 0 aliphatic heterocycles. The summed E-state index contributed by atoms with van der Waals surface area (Å²) < 4.78 is 14.8. The maximum atomic E-state index is 13.2. The van der Waals surface area contributed by atoms with E-state index in [9.17, 15) is 9.18 Å². The number of thiocarbonyl (C=S) groups is 1. The highest BCUT2D eigenvalue weighted by Crippen LogP contribution is 2.14. The number of nitrogens with two attached hydrogens (primary N) is 1. The van der Waals surface area contributed by atoms with Crippen molar-refractivity contribution < 1.29 is 4.39 Å². The van der Waals surface area contributed by atoms with Gasteiger partial charge >= 0.3 is 4.87 Å². The predicted molar refractivity (Wildman–Crippen MR) is 74.7 cm³/mol. The molecular formula is C12H11FN2OS2. The number of benzene rings is 1. The number of aromatic nitrogens is 1. The molecule has 2 rings (SSSR count). The summed E-state index contributed by atoms with van der Waals surface area (Å²) >= 11 is 6.03. The molecular weight excluding hydrogens is 271 g/mol. The molecule has 1 aromatic carbocycles. The highest BCUT2D eigenvalue weighted by molar-refractivity contribution is 7.80. The fraction of sp³-hybridized carbons (Fsp3) is 0.167. The van der Waals surface area contributed by atoms with Crippen LogP contribution in [0.15, 0.2) is 28.4 Å². The van der Waals surface area contributed by atoms with Crippen LogP contribution in [0.2, 0.25) is 0 Å². The van der Waals surface area contributed by atoms with Crippen LogP contribution in [0.25, 0.3) is 0 Å². The Morgan fingerprint density at radius 1 is 1.56 bits per heavy atom. The van der Waals surface area contributed by atoms with E-state index in [1.165, 1.54) is 12.1 Å². The topological polar surface area (TPSA) is 48.0 Å². The zero-order valence-electron chi connectivity index (χ0n) is 9.64. The summed E-state index contributed by atoms with van der Waals surface area (Å²) in [5.74, 6) is -0.393. The Balaban J connectivity index is 2.47. The highest BCUT2D eigenvalue weighted by atomic mass is 32.1. The van der Waals surface area contributed by atoms with Crippen LogP contribution in [0.5, 0.6) is 0 Å². The van der Waals surface area contributed by atoms with Crippen LogP contribution in [0.4, 0.5) is 4.39 Å². The number of nitrogens with zero attached hydrogens (tertiary/aromatic N) is 1. The van der Waals surface area contributed by atoms with Crippen molar-refractivity contribution in [2.45, 2.75) is 13.5 Å². The van der Waals surface area contributed by atoms with Gasteiger partial charge in [-0.15, -0.1) is 0 Å². The fourth-order valence-electron chi connectivity index (χ4n) is 1.68. The lowest BCUT2D eigenvalue weighted by Gasteiger charge is -2.10. The van der Waals surface area contributed by atoms with E-state index in [4.69, 9.17) is 18.0 Å². The third kappa shape index (κ3) is 2.49. The van der Waals surface area contributed by atoms with Gasteiger partial charge in [0, 0.05) is 16.6 Å². The maximum absolute atomic E-state index is 13.2. The maximum Gasteiger partial charge on any atom is 0.307 e. The lowest BCUT2D eigenvalue weighted by atomic mass is 10.1. The molecule has 0 aliphatic rings. The zero-order valence-corrected chi connectivity index (χ0v) is 11.3. The third-order valence-electron chi connectivity index (χ3n) is 2.64. The summed E-state index contributed by atoms with van der Waals surface area (Å²) in [6.07, 6.45) is 0. The number of aryl methyl sites for hydroxylation is 1. The second kappa shape index (κ2) is 4.99. The normalized spacial score (nSPS) is 10.6. The number of thiazole rings is 1. The van der Waals surface area contributed by atoms with Gasteiger partial charge < -0.3 is 5.73 Å². The number of rotatable bonds is 3. The van der Waals surface area contributed by atoms with E-state index >= 15 is 0 Å². The standard InChI is InChI=1S/C12H11FN2OS2/c1-7-6-18-12(16)15(7)5-8-2-3-9(13)4-10(8)11(14)17/h2-4,6H,5H2,1H3,(H2,14,17). The van der Waals surface area contributed by atoms with E-state index in [0.29, 0.717) is 12.1 Å². The Morgan fingerprint density at radius 3 is 2.83 bits per heavy atom. The first kappa shape index (κ1) is 12.9. The van der Waals surface area contributed by atoms with Crippen LogP contribution >= 0.6 is 23.6 Å². The van der Waals surface area contributed by atoms with E-state index in [1.54, 1.807) is 16.0 Å². The van der Waals surface area contributed by atoms with Gasteiger partial charge in [-0.25, -0.2) is 4.39 Å². The van der Waals surface area contributed by atoms with Crippen molar-refractivity contribution in [1.29, 1.82) is 0 Å². The monoisotopic (exact) mass is 282 g/mol. The Bertz CT molecular complexity index is 660. The molecule has 0 amide bonds. The van der Waals surface area contributed by atoms with E-state index in [0.717, 1.165) is 22.6 Å². The van der Waals surface area contributed by atoms with E-state index in [-0.39, 0.29) is 9.86 Å². The molecule has 0 atom stereocenters. The summed E-state index contributed by atoms with van der Waals surface area (Å²) in [6.45, 7) is 2.20. The predicted octanol–water partition coefficient (Wildman–Crippen LogP) is 2.04. The van der Waals surface area contributed by atoms with Crippen molar-refractivity contribution in [1.82, 2.24) is 4.57 Å². The molecule has 0 unspecified atom stereocenters. The summed E-state index contributed by atoms with van der Waals surface area (Å²) in [7, 11) is 0. The number of hydrogen-bond acceptors (Lipinski definition) is 3. The smallest absolute Gasteiger partial charge is 0.307 e. The molecule has 2 aromatic rings. The van der Waals surface area contributed by atoms with Crippen LogP contribution in [-0.2, 0) is 6.54 Å². The minimum atomic E-state index is -0.393. The van der Waals surface area contributed by atoms with E-state index in [1.807, 2.05) is 6.92 Å². The molecule has 18 heavy (non-hydrogen) atoms. The highest BCUT2D eigenvalue weighted by Gasteiger charge is 2.10. The molecule has 0 bridgehead atoms. The molecule has 0 saturated carbocycles. The molecule has 0 fully saturated rings. The molecule has 94 valence electrons. The van der Waals surface area contributed by atoms with Gasteiger partial charge in [0.05, 0.1) is 6.54 Å². The summed E-state index contributed by atoms with van der Waals surface area (Å²) in [6, 6.07) is 4.24. The van der Waals surface area contributed by atoms with Crippen LogP contribution in [-0.4, -0.2) is 9.56 Å². The van der Waals surface area contributed by atoms with Gasteiger partial charge in [0.2, 0.25) is 0 Å². The largest absolute Gasteiger partial charge is 0.389 e. The van der Waals surface area contributed by atoms with Crippen molar-refractivity contribution in [3.8, 4) is 0 Å². The fourth-order valence-corrected chi connectivity index (χ4v) is 2.61. The Hall–Kier alpha value is -1.53. The van der Waals surface area contributed by atoms with Crippen molar-refractivity contribution in [2.75, 3.05) is 0 Å². The van der Waals surface area contributed by atoms with Crippen molar-refractivity contribution >= 4 is 28.5 Å². The van der Waals surface area contributed by atoms with Crippen molar-refractivity contribution in [2.24, 2.45) is 5.73 Å². The molecule has 1 heterocycles. The first-order chi connectivity index (χ1) is 8.49. The average Bonchev–Trinajstić information content (AvgIpc) is 2.62. The second-order valence-electron chi connectivity index (χ2n) is 3.89. The van der Waals surface area contributed by atoms with Crippen LogP contribution < -0.4 is 10.6 Å². The first-order valence-electron chi connectivity index (χ1n) is 5.22. The van der Waals surface area contributed by atoms with Crippen molar-refractivity contribution in [3.63, 3.8) is 0 Å².